The predicted molar refractivity (Wildman–Crippen MR) is 130 cm³/mol. The van der Waals surface area contributed by atoms with Crippen LogP contribution in [0.25, 0.3) is 10.2 Å². The molecule has 2 aromatic carbocycles. The molecule has 0 aliphatic carbocycles. The first-order chi connectivity index (χ1) is 16.4. The van der Waals surface area contributed by atoms with E-state index in [1.54, 1.807) is 26.0 Å². The van der Waals surface area contributed by atoms with Crippen molar-refractivity contribution in [2.75, 3.05) is 10.6 Å². The van der Waals surface area contributed by atoms with Crippen LogP contribution >= 0.6 is 11.3 Å². The van der Waals surface area contributed by atoms with E-state index in [2.05, 4.69) is 20.9 Å². The van der Waals surface area contributed by atoms with E-state index < -0.39 is 23.8 Å². The molecule has 3 N–H and O–H groups in total. The molecule has 0 spiro atoms. The molecule has 4 aromatic rings. The van der Waals surface area contributed by atoms with Gasteiger partial charge in [0.05, 0.1) is 0 Å². The summed E-state index contributed by atoms with van der Waals surface area (Å²) in [5.74, 6) is 0.0377. The average molecular weight is 479 g/mol. The summed E-state index contributed by atoms with van der Waals surface area (Å²) in [5.41, 5.74) is 1.44. The van der Waals surface area contributed by atoms with Crippen LogP contribution in [0.15, 0.2) is 69.9 Å². The van der Waals surface area contributed by atoms with Gasteiger partial charge >= 0.3 is 17.7 Å². The fraction of sp³-hybridized carbons (Fsp3) is 0.167. The van der Waals surface area contributed by atoms with Gasteiger partial charge in [-0.15, -0.1) is 0 Å². The van der Waals surface area contributed by atoms with Crippen LogP contribution in [0.5, 0.6) is 0 Å². The van der Waals surface area contributed by atoms with E-state index in [1.807, 2.05) is 48.5 Å². The number of thiophene rings is 1. The van der Waals surface area contributed by atoms with Crippen LogP contribution in [0.1, 0.15) is 30.0 Å². The van der Waals surface area contributed by atoms with Crippen molar-refractivity contribution in [2.45, 2.75) is 26.5 Å². The number of benzene rings is 2. The van der Waals surface area contributed by atoms with Gasteiger partial charge in [0.1, 0.15) is 27.9 Å². The Kier molecular flexibility index (Phi) is 6.88. The number of ether oxygens (including phenoxy) is 1. The molecule has 0 saturated heterocycles. The van der Waals surface area contributed by atoms with E-state index in [9.17, 15) is 14.4 Å². The maximum atomic E-state index is 12.6. The monoisotopic (exact) mass is 478 g/mol. The molecule has 10 heteroatoms. The van der Waals surface area contributed by atoms with E-state index in [4.69, 9.17) is 9.15 Å². The van der Waals surface area contributed by atoms with Crippen molar-refractivity contribution in [1.29, 1.82) is 0 Å². The number of alkyl carbamates (subject to hydrolysis) is 1. The lowest BCUT2D eigenvalue weighted by molar-refractivity contribution is 0.134. The summed E-state index contributed by atoms with van der Waals surface area (Å²) in [4.78, 5) is 41.9. The van der Waals surface area contributed by atoms with Gasteiger partial charge < -0.3 is 19.8 Å². The Morgan fingerprint density at radius 2 is 1.74 bits per heavy atom. The van der Waals surface area contributed by atoms with Crippen LogP contribution in [0.2, 0.25) is 0 Å². The average Bonchev–Trinajstić information content (AvgIpc) is 3.14. The van der Waals surface area contributed by atoms with E-state index in [-0.39, 0.29) is 17.9 Å². The number of amides is 3. The van der Waals surface area contributed by atoms with E-state index in [0.717, 1.165) is 16.9 Å². The number of rotatable bonds is 6. The molecule has 3 amide bonds. The lowest BCUT2D eigenvalue weighted by Crippen LogP contribution is -2.28. The summed E-state index contributed by atoms with van der Waals surface area (Å²) in [6.07, 6.45) is -0.664. The summed E-state index contributed by atoms with van der Waals surface area (Å²) in [6, 6.07) is 17.1. The summed E-state index contributed by atoms with van der Waals surface area (Å²) < 4.78 is 10.6. The minimum Gasteiger partial charge on any atom is -0.445 e. The van der Waals surface area contributed by atoms with Gasteiger partial charge in [0.25, 0.3) is 0 Å². The van der Waals surface area contributed by atoms with Crippen molar-refractivity contribution in [3.05, 3.63) is 88.1 Å². The number of carbonyl (C=O) groups excluding carboxylic acids is 2. The Bertz CT molecular complexity index is 1370. The van der Waals surface area contributed by atoms with Gasteiger partial charge in [-0.3, -0.25) is 5.32 Å². The minimum atomic E-state index is -0.708. The molecule has 4 rings (SSSR count). The van der Waals surface area contributed by atoms with Crippen LogP contribution in [0.3, 0.4) is 0 Å². The summed E-state index contributed by atoms with van der Waals surface area (Å²) in [7, 11) is 0. The zero-order chi connectivity index (χ0) is 24.1. The van der Waals surface area contributed by atoms with Crippen LogP contribution in [0, 0.1) is 6.92 Å². The van der Waals surface area contributed by atoms with E-state index in [1.165, 1.54) is 0 Å². The molecular weight excluding hydrogens is 456 g/mol. The molecule has 9 nitrogen and oxygen atoms in total. The highest BCUT2D eigenvalue weighted by atomic mass is 32.1. The fourth-order valence-corrected chi connectivity index (χ4v) is 4.25. The molecule has 2 aromatic heterocycles. The van der Waals surface area contributed by atoms with Crippen LogP contribution in [-0.4, -0.2) is 17.1 Å². The Balaban J connectivity index is 1.45. The van der Waals surface area contributed by atoms with Gasteiger partial charge in [0.2, 0.25) is 5.89 Å². The van der Waals surface area contributed by atoms with Crippen molar-refractivity contribution in [3.8, 4) is 0 Å². The molecule has 0 fully saturated rings. The normalized spacial score (nSPS) is 11.6. The van der Waals surface area contributed by atoms with Gasteiger partial charge in [-0.2, -0.15) is 0 Å². The molecule has 1 atom stereocenters. The predicted octanol–water partition coefficient (Wildman–Crippen LogP) is 5.19. The van der Waals surface area contributed by atoms with Crippen molar-refractivity contribution in [1.82, 2.24) is 10.3 Å². The molecule has 174 valence electrons. The maximum absolute atomic E-state index is 12.6. The molecule has 34 heavy (non-hydrogen) atoms. The number of anilines is 2. The Morgan fingerprint density at radius 3 is 2.44 bits per heavy atom. The number of aryl methyl sites for hydroxylation is 1. The highest BCUT2D eigenvalue weighted by Gasteiger charge is 2.21. The molecule has 0 radical (unpaired) electrons. The van der Waals surface area contributed by atoms with Gasteiger partial charge in [-0.1, -0.05) is 59.9 Å². The van der Waals surface area contributed by atoms with E-state index in [0.29, 0.717) is 21.1 Å². The SMILES string of the molecule is Cc1c(NC(=O)Nc2ccccc2)sc2nc([C@H](C)NC(=O)OCc3ccccc3)oc(=O)c12. The zero-order valence-corrected chi connectivity index (χ0v) is 19.3. The van der Waals surface area contributed by atoms with Crippen molar-refractivity contribution in [3.63, 3.8) is 0 Å². The van der Waals surface area contributed by atoms with Gasteiger partial charge in [-0.25, -0.2) is 19.4 Å². The van der Waals surface area contributed by atoms with E-state index >= 15 is 0 Å². The lowest BCUT2D eigenvalue weighted by atomic mass is 10.2. The number of hydrogen-bond donors (Lipinski definition) is 3. The Hall–Kier alpha value is -4.18. The van der Waals surface area contributed by atoms with Gasteiger partial charge in [-0.05, 0) is 31.5 Å². The molecule has 0 saturated carbocycles. The minimum absolute atomic E-state index is 0.0377. The van der Waals surface area contributed by atoms with Gasteiger partial charge in [0.15, 0.2) is 0 Å². The number of para-hydroxylation sites is 1. The summed E-state index contributed by atoms with van der Waals surface area (Å²) >= 11 is 1.15. The van der Waals surface area contributed by atoms with Crippen molar-refractivity contribution < 1.29 is 18.7 Å². The number of fused-ring (bicyclic) bond motifs is 1. The number of carbonyl (C=O) groups is 2. The first-order valence-electron chi connectivity index (χ1n) is 10.4. The lowest BCUT2D eigenvalue weighted by Gasteiger charge is -2.12. The third-order valence-electron chi connectivity index (χ3n) is 4.92. The Labute approximate surface area is 198 Å². The standard InChI is InChI=1S/C24H22N4O5S/c1-14-18-21(34-20(14)28-23(30)26-17-11-7-4-8-12-17)27-19(33-22(18)29)15(2)25-24(31)32-13-16-9-5-3-6-10-16/h3-12,15H,13H2,1-2H3,(H,25,31)(H2,26,28,30)/t15-/m0/s1. The number of hydrogen-bond acceptors (Lipinski definition) is 7. The number of nitrogens with one attached hydrogen (secondary N) is 3. The number of nitrogens with zero attached hydrogens (tertiary/aromatic N) is 1. The largest absolute Gasteiger partial charge is 0.445 e. The summed E-state index contributed by atoms with van der Waals surface area (Å²) in [5, 5.41) is 8.83. The highest BCUT2D eigenvalue weighted by Crippen LogP contribution is 2.32. The second-order valence-electron chi connectivity index (χ2n) is 7.45. The van der Waals surface area contributed by atoms with Crippen molar-refractivity contribution in [2.24, 2.45) is 0 Å². The van der Waals surface area contributed by atoms with Gasteiger partial charge in [0, 0.05) is 11.3 Å². The Morgan fingerprint density at radius 1 is 1.06 bits per heavy atom. The first kappa shape index (κ1) is 23.0. The third-order valence-corrected chi connectivity index (χ3v) is 6.02. The number of urea groups is 1. The number of aromatic nitrogens is 1. The summed E-state index contributed by atoms with van der Waals surface area (Å²) in [6.45, 7) is 3.45. The van der Waals surface area contributed by atoms with Crippen molar-refractivity contribution >= 4 is 44.4 Å². The smallest absolute Gasteiger partial charge is 0.408 e. The first-order valence-corrected chi connectivity index (χ1v) is 11.3. The molecule has 2 heterocycles. The maximum Gasteiger partial charge on any atom is 0.408 e. The molecule has 0 aliphatic heterocycles. The second kappa shape index (κ2) is 10.2. The topological polar surface area (TPSA) is 123 Å². The third kappa shape index (κ3) is 5.41. The quantitative estimate of drug-likeness (QED) is 0.351. The molecule has 0 bridgehead atoms. The van der Waals surface area contributed by atoms with Crippen LogP contribution in [-0.2, 0) is 11.3 Å². The highest BCUT2D eigenvalue weighted by molar-refractivity contribution is 7.22. The zero-order valence-electron chi connectivity index (χ0n) is 18.5. The molecule has 0 unspecified atom stereocenters. The molecule has 0 aliphatic rings. The second-order valence-corrected chi connectivity index (χ2v) is 8.45. The fourth-order valence-electron chi connectivity index (χ4n) is 3.18. The molecular formula is C24H22N4O5S. The van der Waals surface area contributed by atoms with Crippen LogP contribution in [0.4, 0.5) is 20.3 Å². The van der Waals surface area contributed by atoms with Crippen LogP contribution < -0.4 is 21.6 Å².